The second-order valence-corrected chi connectivity index (χ2v) is 9.79. The summed E-state index contributed by atoms with van der Waals surface area (Å²) in [7, 11) is 0. The van der Waals surface area contributed by atoms with Crippen LogP contribution in [-0.2, 0) is 0 Å². The van der Waals surface area contributed by atoms with Gasteiger partial charge in [-0.3, -0.25) is 9.79 Å². The molecule has 1 aromatic heterocycles. The third-order valence-electron chi connectivity index (χ3n) is 5.47. The van der Waals surface area contributed by atoms with Crippen LogP contribution in [0.2, 0.25) is 0 Å². The van der Waals surface area contributed by atoms with E-state index in [9.17, 15) is 4.79 Å². The van der Waals surface area contributed by atoms with Crippen LogP contribution in [0.25, 0.3) is 22.6 Å². The van der Waals surface area contributed by atoms with Gasteiger partial charge in [-0.1, -0.05) is 98.6 Å². The van der Waals surface area contributed by atoms with Gasteiger partial charge in [0.05, 0.1) is 11.4 Å². The summed E-state index contributed by atoms with van der Waals surface area (Å²) in [4.78, 5) is 26.2. The number of halogens is 2. The number of anilines is 1. The van der Waals surface area contributed by atoms with Gasteiger partial charge in [0.15, 0.2) is 0 Å². The Bertz CT molecular complexity index is 1530. The Hall–Kier alpha value is -3.81. The Morgan fingerprint density at radius 1 is 0.778 bits per heavy atom. The highest BCUT2D eigenvalue weighted by atomic mass is 79.9. The van der Waals surface area contributed by atoms with E-state index in [0.29, 0.717) is 28.6 Å². The van der Waals surface area contributed by atoms with E-state index in [4.69, 9.17) is 4.98 Å². The molecule has 0 spiro atoms. The maximum Gasteiger partial charge on any atom is 0.274 e. The molecule has 36 heavy (non-hydrogen) atoms. The number of para-hydroxylation sites is 2. The number of hydrogen-bond acceptors (Lipinski definition) is 3. The van der Waals surface area contributed by atoms with Gasteiger partial charge >= 0.3 is 0 Å². The Labute approximate surface area is 225 Å². The Balaban J connectivity index is 1.48. The second-order valence-electron chi connectivity index (χ2n) is 7.96. The molecule has 0 radical (unpaired) electrons. The minimum Gasteiger partial charge on any atom is -0.333 e. The number of hydrogen-bond donors (Lipinski definition) is 2. The Morgan fingerprint density at radius 3 is 2.14 bits per heavy atom. The van der Waals surface area contributed by atoms with Gasteiger partial charge in [0.2, 0.25) is 0 Å². The van der Waals surface area contributed by atoms with Crippen LogP contribution in [0.5, 0.6) is 0 Å². The number of benzene rings is 4. The van der Waals surface area contributed by atoms with E-state index in [1.54, 1.807) is 6.21 Å². The average Bonchev–Trinajstić information content (AvgIpc) is 3.36. The van der Waals surface area contributed by atoms with E-state index in [1.807, 2.05) is 103 Å². The summed E-state index contributed by atoms with van der Waals surface area (Å²) in [5.74, 6) is 0.323. The standard InChI is InChI=1S/C29H20Br2N4O/c30-22-14-10-19(11-15-22)18-32-24-8-4-5-9-25(24)33-29(36)27-26(20-6-2-1-3-7-20)34-28(35-27)21-12-16-23(31)17-13-21/h1-18H,(H,33,36)(H,34,35). The number of aromatic amines is 1. The number of nitrogens with one attached hydrogen (secondary N) is 2. The number of H-pyrrole nitrogens is 1. The molecule has 176 valence electrons. The molecule has 1 heterocycles. The fourth-order valence-corrected chi connectivity index (χ4v) is 4.19. The molecule has 0 aliphatic carbocycles. The summed E-state index contributed by atoms with van der Waals surface area (Å²) in [5.41, 5.74) is 4.92. The number of nitrogens with zero attached hydrogens (tertiary/aromatic N) is 2. The SMILES string of the molecule is O=C(Nc1ccccc1N=Cc1ccc(Br)cc1)c1[nH]c(-c2ccc(Br)cc2)nc1-c1ccccc1. The predicted molar refractivity (Wildman–Crippen MR) is 153 cm³/mol. The first kappa shape index (κ1) is 23.9. The molecule has 0 bridgehead atoms. The molecule has 7 heteroatoms. The lowest BCUT2D eigenvalue weighted by Gasteiger charge is -2.08. The van der Waals surface area contributed by atoms with Crippen molar-refractivity contribution in [3.05, 3.63) is 123 Å². The fraction of sp³-hybridized carbons (Fsp3) is 0. The van der Waals surface area contributed by atoms with Gasteiger partial charge in [0.25, 0.3) is 5.91 Å². The molecule has 0 fully saturated rings. The first-order valence-corrected chi connectivity index (χ1v) is 12.8. The van der Waals surface area contributed by atoms with Crippen molar-refractivity contribution in [2.75, 3.05) is 5.32 Å². The monoisotopic (exact) mass is 598 g/mol. The van der Waals surface area contributed by atoms with E-state index < -0.39 is 0 Å². The van der Waals surface area contributed by atoms with Crippen LogP contribution in [0.3, 0.4) is 0 Å². The molecule has 5 aromatic rings. The highest BCUT2D eigenvalue weighted by Crippen LogP contribution is 2.29. The average molecular weight is 600 g/mol. The van der Waals surface area contributed by atoms with E-state index in [-0.39, 0.29) is 5.91 Å². The molecular formula is C29H20Br2N4O. The summed E-state index contributed by atoms with van der Waals surface area (Å²) in [6.45, 7) is 0. The summed E-state index contributed by atoms with van der Waals surface area (Å²) in [6, 6.07) is 32.8. The first-order chi connectivity index (χ1) is 17.6. The van der Waals surface area contributed by atoms with Crippen molar-refractivity contribution >= 4 is 55.4 Å². The van der Waals surface area contributed by atoms with Crippen molar-refractivity contribution < 1.29 is 4.79 Å². The highest BCUT2D eigenvalue weighted by Gasteiger charge is 2.20. The van der Waals surface area contributed by atoms with Crippen molar-refractivity contribution in [1.82, 2.24) is 9.97 Å². The van der Waals surface area contributed by atoms with Crippen molar-refractivity contribution in [1.29, 1.82) is 0 Å². The Kier molecular flexibility index (Phi) is 7.21. The van der Waals surface area contributed by atoms with Crippen LogP contribution in [0.15, 0.2) is 117 Å². The van der Waals surface area contributed by atoms with Gasteiger partial charge < -0.3 is 10.3 Å². The molecule has 1 amide bonds. The predicted octanol–water partition coefficient (Wildman–Crippen LogP) is 8.27. The maximum absolute atomic E-state index is 13.5. The number of imidazole rings is 1. The molecule has 0 atom stereocenters. The number of rotatable bonds is 6. The van der Waals surface area contributed by atoms with Crippen molar-refractivity contribution in [3.8, 4) is 22.6 Å². The van der Waals surface area contributed by atoms with Gasteiger partial charge in [-0.25, -0.2) is 4.98 Å². The molecule has 0 saturated heterocycles. The molecule has 0 saturated carbocycles. The fourth-order valence-electron chi connectivity index (χ4n) is 3.66. The molecule has 5 nitrogen and oxygen atoms in total. The third-order valence-corrected chi connectivity index (χ3v) is 6.53. The minimum atomic E-state index is -0.295. The molecule has 2 N–H and O–H groups in total. The van der Waals surface area contributed by atoms with Gasteiger partial charge in [-0.15, -0.1) is 0 Å². The van der Waals surface area contributed by atoms with Gasteiger partial charge in [-0.05, 0) is 42.0 Å². The third kappa shape index (κ3) is 5.53. The quantitative estimate of drug-likeness (QED) is 0.193. The maximum atomic E-state index is 13.5. The largest absolute Gasteiger partial charge is 0.333 e. The minimum absolute atomic E-state index is 0.295. The molecular weight excluding hydrogens is 580 g/mol. The van der Waals surface area contributed by atoms with E-state index in [2.05, 4.69) is 47.2 Å². The van der Waals surface area contributed by atoms with Crippen molar-refractivity contribution in [2.24, 2.45) is 4.99 Å². The van der Waals surface area contributed by atoms with Gasteiger partial charge in [-0.2, -0.15) is 0 Å². The summed E-state index contributed by atoms with van der Waals surface area (Å²) in [5, 5.41) is 3.02. The summed E-state index contributed by atoms with van der Waals surface area (Å²) >= 11 is 6.91. The normalized spacial score (nSPS) is 11.1. The van der Waals surface area contributed by atoms with Crippen LogP contribution in [-0.4, -0.2) is 22.1 Å². The molecule has 0 aliphatic heterocycles. The highest BCUT2D eigenvalue weighted by molar-refractivity contribution is 9.10. The van der Waals surface area contributed by atoms with Crippen molar-refractivity contribution in [2.45, 2.75) is 0 Å². The van der Waals surface area contributed by atoms with Gasteiger partial charge in [0.1, 0.15) is 17.2 Å². The van der Waals surface area contributed by atoms with E-state index in [0.717, 1.165) is 25.6 Å². The lowest BCUT2D eigenvalue weighted by molar-refractivity contribution is 0.102. The lowest BCUT2D eigenvalue weighted by Crippen LogP contribution is -2.13. The molecule has 5 rings (SSSR count). The van der Waals surface area contributed by atoms with E-state index in [1.165, 1.54) is 0 Å². The van der Waals surface area contributed by atoms with E-state index >= 15 is 0 Å². The number of aliphatic imine (C=N–C) groups is 1. The van der Waals surface area contributed by atoms with Crippen LogP contribution in [0.1, 0.15) is 16.1 Å². The van der Waals surface area contributed by atoms with Crippen LogP contribution in [0, 0.1) is 0 Å². The number of carbonyl (C=O) groups excluding carboxylic acids is 1. The second kappa shape index (κ2) is 10.8. The Morgan fingerprint density at radius 2 is 1.42 bits per heavy atom. The van der Waals surface area contributed by atoms with Crippen LogP contribution < -0.4 is 5.32 Å². The summed E-state index contributed by atoms with van der Waals surface area (Å²) < 4.78 is 1.97. The molecule has 0 unspecified atom stereocenters. The number of aromatic nitrogens is 2. The lowest BCUT2D eigenvalue weighted by atomic mass is 10.1. The van der Waals surface area contributed by atoms with Crippen LogP contribution >= 0.6 is 31.9 Å². The zero-order valence-corrected chi connectivity index (χ0v) is 22.1. The topological polar surface area (TPSA) is 70.1 Å². The molecule has 0 aliphatic rings. The number of carbonyl (C=O) groups is 1. The summed E-state index contributed by atoms with van der Waals surface area (Å²) in [6.07, 6.45) is 1.77. The van der Waals surface area contributed by atoms with Crippen LogP contribution in [0.4, 0.5) is 11.4 Å². The smallest absolute Gasteiger partial charge is 0.274 e. The number of amides is 1. The van der Waals surface area contributed by atoms with Crippen molar-refractivity contribution in [3.63, 3.8) is 0 Å². The zero-order chi connectivity index (χ0) is 24.9. The zero-order valence-electron chi connectivity index (χ0n) is 19.0. The molecule has 4 aromatic carbocycles. The first-order valence-electron chi connectivity index (χ1n) is 11.2. The van der Waals surface area contributed by atoms with Gasteiger partial charge in [0, 0.05) is 26.3 Å².